The lowest BCUT2D eigenvalue weighted by Gasteiger charge is -2.35. The molecule has 0 aromatic heterocycles. The predicted octanol–water partition coefficient (Wildman–Crippen LogP) is 4.82. The second-order valence-electron chi connectivity index (χ2n) is 5.68. The zero-order valence-electron chi connectivity index (χ0n) is 13.5. The Balaban J connectivity index is 0.00000264. The third-order valence-electron chi connectivity index (χ3n) is 4.11. The highest BCUT2D eigenvalue weighted by Crippen LogP contribution is 2.34. The summed E-state index contributed by atoms with van der Waals surface area (Å²) in [4.78, 5) is 2.16. The first-order chi connectivity index (χ1) is 10.4. The lowest BCUT2D eigenvalue weighted by Crippen LogP contribution is -2.45. The fourth-order valence-electron chi connectivity index (χ4n) is 2.90. The Morgan fingerprint density at radius 1 is 1.17 bits per heavy atom. The lowest BCUT2D eigenvalue weighted by molar-refractivity contribution is -0.137. The molecule has 0 unspecified atom stereocenters. The zero-order chi connectivity index (χ0) is 16.2. The highest BCUT2D eigenvalue weighted by atomic mass is 35.5. The van der Waals surface area contributed by atoms with E-state index in [-0.39, 0.29) is 30.9 Å². The second kappa shape index (κ2) is 10.4. The summed E-state index contributed by atoms with van der Waals surface area (Å²) in [6, 6.07) is 2.76. The maximum absolute atomic E-state index is 14.3. The molecule has 0 radical (unpaired) electrons. The van der Waals surface area contributed by atoms with Gasteiger partial charge in [0.05, 0.1) is 5.56 Å². The van der Waals surface area contributed by atoms with Crippen molar-refractivity contribution >= 4 is 24.8 Å². The molecule has 1 N–H and O–H groups in total. The molecule has 1 aromatic carbocycles. The third kappa shape index (κ3) is 6.06. The molecule has 1 heterocycles. The van der Waals surface area contributed by atoms with Gasteiger partial charge in [0.15, 0.2) is 0 Å². The number of hydrogen-bond acceptors (Lipinski definition) is 2. The van der Waals surface area contributed by atoms with Gasteiger partial charge >= 0.3 is 6.18 Å². The van der Waals surface area contributed by atoms with Gasteiger partial charge in [-0.1, -0.05) is 25.8 Å². The lowest BCUT2D eigenvalue weighted by atomic mass is 9.97. The summed E-state index contributed by atoms with van der Waals surface area (Å²) in [6.45, 7) is 5.28. The van der Waals surface area contributed by atoms with E-state index in [2.05, 4.69) is 17.1 Å². The summed E-state index contributed by atoms with van der Waals surface area (Å²) in [7, 11) is 0. The fourth-order valence-corrected chi connectivity index (χ4v) is 2.90. The number of hydrogen-bond donors (Lipinski definition) is 1. The molecule has 8 heteroatoms. The Kier molecular flexibility index (Phi) is 10.2. The van der Waals surface area contributed by atoms with Crippen LogP contribution in [0, 0.1) is 5.82 Å². The molecule has 2 rings (SSSR count). The average molecular weight is 391 g/mol. The molecule has 0 saturated carbocycles. The van der Waals surface area contributed by atoms with Crippen LogP contribution in [0.15, 0.2) is 18.2 Å². The van der Waals surface area contributed by atoms with Crippen molar-refractivity contribution in [1.82, 2.24) is 10.2 Å². The van der Waals surface area contributed by atoms with Crippen LogP contribution < -0.4 is 5.32 Å². The molecular weight excluding hydrogens is 367 g/mol. The maximum Gasteiger partial charge on any atom is 0.416 e. The molecule has 1 fully saturated rings. The van der Waals surface area contributed by atoms with Gasteiger partial charge in [-0.15, -0.1) is 24.8 Å². The van der Waals surface area contributed by atoms with Gasteiger partial charge in [-0.05, 0) is 18.6 Å². The molecule has 0 amide bonds. The van der Waals surface area contributed by atoms with E-state index in [4.69, 9.17) is 0 Å². The van der Waals surface area contributed by atoms with Gasteiger partial charge in [0.1, 0.15) is 5.82 Å². The topological polar surface area (TPSA) is 15.3 Å². The van der Waals surface area contributed by atoms with Gasteiger partial charge in [-0.2, -0.15) is 13.2 Å². The number of piperazine rings is 1. The fraction of sp³-hybridized carbons (Fsp3) is 0.625. The van der Waals surface area contributed by atoms with Crippen molar-refractivity contribution in [2.45, 2.75) is 38.4 Å². The van der Waals surface area contributed by atoms with Crippen LogP contribution in [0.1, 0.15) is 43.4 Å². The number of unbranched alkanes of at least 4 members (excludes halogenated alkanes) is 1. The SMILES string of the molecule is CCCC[C@@H](c1ccc(C(F)(F)F)cc1F)N1CCNCC1.Cl.Cl. The Labute approximate surface area is 152 Å². The van der Waals surface area contributed by atoms with Crippen LogP contribution in [-0.2, 0) is 6.18 Å². The molecule has 1 aliphatic rings. The van der Waals surface area contributed by atoms with Crippen LogP contribution >= 0.6 is 24.8 Å². The van der Waals surface area contributed by atoms with Gasteiger partial charge < -0.3 is 5.32 Å². The Morgan fingerprint density at radius 3 is 2.29 bits per heavy atom. The van der Waals surface area contributed by atoms with Gasteiger partial charge in [-0.3, -0.25) is 4.90 Å². The molecule has 1 atom stereocenters. The minimum atomic E-state index is -4.51. The Hall–Kier alpha value is -0.560. The van der Waals surface area contributed by atoms with Crippen LogP contribution in [0.5, 0.6) is 0 Å². The quantitative estimate of drug-likeness (QED) is 0.724. The molecule has 0 bridgehead atoms. The number of benzene rings is 1. The minimum Gasteiger partial charge on any atom is -0.314 e. The van der Waals surface area contributed by atoms with Crippen molar-refractivity contribution in [2.24, 2.45) is 0 Å². The van der Waals surface area contributed by atoms with Crippen LogP contribution in [0.4, 0.5) is 17.6 Å². The molecule has 1 aliphatic heterocycles. The maximum atomic E-state index is 14.3. The van der Waals surface area contributed by atoms with E-state index in [9.17, 15) is 17.6 Å². The molecule has 0 spiro atoms. The van der Waals surface area contributed by atoms with Crippen molar-refractivity contribution in [2.75, 3.05) is 26.2 Å². The number of nitrogens with one attached hydrogen (secondary N) is 1. The average Bonchev–Trinajstić information content (AvgIpc) is 2.49. The molecule has 2 nitrogen and oxygen atoms in total. The van der Waals surface area contributed by atoms with Gasteiger partial charge in [-0.25, -0.2) is 4.39 Å². The smallest absolute Gasteiger partial charge is 0.314 e. The standard InChI is InChI=1S/C16H22F4N2.2ClH/c1-2-3-4-15(22-9-7-21-8-10-22)13-6-5-12(11-14(13)17)16(18,19)20;;/h5-6,11,15,21H,2-4,7-10H2,1H3;2*1H/t15-;;/m0../s1. The third-order valence-corrected chi connectivity index (χ3v) is 4.11. The van der Waals surface area contributed by atoms with Gasteiger partial charge in [0.25, 0.3) is 0 Å². The molecule has 140 valence electrons. The summed E-state index contributed by atoms with van der Waals surface area (Å²) >= 11 is 0. The van der Waals surface area contributed by atoms with Crippen molar-refractivity contribution in [1.29, 1.82) is 0 Å². The van der Waals surface area contributed by atoms with Crippen molar-refractivity contribution in [3.63, 3.8) is 0 Å². The molecule has 1 saturated heterocycles. The van der Waals surface area contributed by atoms with E-state index in [0.717, 1.165) is 51.5 Å². The van der Waals surface area contributed by atoms with Gasteiger partial charge in [0, 0.05) is 37.8 Å². The van der Waals surface area contributed by atoms with E-state index in [1.165, 1.54) is 6.07 Å². The van der Waals surface area contributed by atoms with Crippen molar-refractivity contribution < 1.29 is 17.6 Å². The zero-order valence-corrected chi connectivity index (χ0v) is 15.2. The second-order valence-corrected chi connectivity index (χ2v) is 5.68. The summed E-state index contributed by atoms with van der Waals surface area (Å²) in [5.74, 6) is -0.755. The van der Waals surface area contributed by atoms with E-state index in [0.29, 0.717) is 11.6 Å². The molecule has 0 aliphatic carbocycles. The monoisotopic (exact) mass is 390 g/mol. The number of alkyl halides is 3. The van der Waals surface area contributed by atoms with E-state index < -0.39 is 17.6 Å². The van der Waals surface area contributed by atoms with E-state index in [1.807, 2.05) is 0 Å². The van der Waals surface area contributed by atoms with Gasteiger partial charge in [0.2, 0.25) is 0 Å². The summed E-state index contributed by atoms with van der Waals surface area (Å²) < 4.78 is 52.3. The minimum absolute atomic E-state index is 0. The Bertz CT molecular complexity index is 491. The van der Waals surface area contributed by atoms with Crippen LogP contribution in [0.3, 0.4) is 0 Å². The van der Waals surface area contributed by atoms with Crippen LogP contribution in [0.2, 0.25) is 0 Å². The first-order valence-electron chi connectivity index (χ1n) is 7.75. The van der Waals surface area contributed by atoms with Crippen molar-refractivity contribution in [3.8, 4) is 0 Å². The van der Waals surface area contributed by atoms with E-state index in [1.54, 1.807) is 0 Å². The highest BCUT2D eigenvalue weighted by molar-refractivity contribution is 5.85. The first-order valence-corrected chi connectivity index (χ1v) is 7.75. The highest BCUT2D eigenvalue weighted by Gasteiger charge is 2.32. The normalized spacial score (nSPS) is 16.9. The summed E-state index contributed by atoms with van der Waals surface area (Å²) in [6.07, 6.45) is -1.84. The summed E-state index contributed by atoms with van der Waals surface area (Å²) in [5, 5.41) is 3.24. The molecule has 24 heavy (non-hydrogen) atoms. The summed E-state index contributed by atoms with van der Waals surface area (Å²) in [5.41, 5.74) is -0.549. The first kappa shape index (κ1) is 23.4. The molecular formula is C16H24Cl2F4N2. The van der Waals surface area contributed by atoms with Crippen LogP contribution in [-0.4, -0.2) is 31.1 Å². The number of rotatable bonds is 5. The number of nitrogens with zero attached hydrogens (tertiary/aromatic N) is 1. The van der Waals surface area contributed by atoms with E-state index >= 15 is 0 Å². The molecule has 1 aromatic rings. The van der Waals surface area contributed by atoms with Crippen LogP contribution in [0.25, 0.3) is 0 Å². The predicted molar refractivity (Wildman–Crippen MR) is 92.6 cm³/mol. The Morgan fingerprint density at radius 2 is 1.79 bits per heavy atom. The number of halogens is 6. The van der Waals surface area contributed by atoms with Crippen molar-refractivity contribution in [3.05, 3.63) is 35.1 Å². The largest absolute Gasteiger partial charge is 0.416 e.